The van der Waals surface area contributed by atoms with Crippen LogP contribution < -0.4 is 5.32 Å². The number of carbonyl (C=O) groups excluding carboxylic acids is 1. The molecule has 2 aromatic rings. The summed E-state index contributed by atoms with van der Waals surface area (Å²) in [5.74, 6) is -0.453. The number of nitrogens with zero attached hydrogens (tertiary/aromatic N) is 4. The molecule has 1 aromatic carbocycles. The lowest BCUT2D eigenvalue weighted by molar-refractivity contribution is -0.121. The molecule has 7 heteroatoms. The number of tetrazole rings is 1. The maximum absolute atomic E-state index is 12.9. The summed E-state index contributed by atoms with van der Waals surface area (Å²) < 4.78 is 14.2. The van der Waals surface area contributed by atoms with Gasteiger partial charge >= 0.3 is 0 Å². The standard InChI is InChI=1S/C11H12FN5O/c12-10-3-1-2-9(6-10)4-5-13-11(18)7-17-8-14-15-16-17/h1-3,6,8H,4-5,7H2,(H,13,18). The average Bonchev–Trinajstić information content (AvgIpc) is 2.82. The van der Waals surface area contributed by atoms with Gasteiger partial charge in [-0.05, 0) is 34.5 Å². The number of halogens is 1. The van der Waals surface area contributed by atoms with Crippen molar-refractivity contribution in [3.05, 3.63) is 42.0 Å². The van der Waals surface area contributed by atoms with E-state index in [1.807, 2.05) is 6.07 Å². The molecule has 1 heterocycles. The first-order chi connectivity index (χ1) is 8.74. The third-order valence-corrected chi connectivity index (χ3v) is 2.32. The van der Waals surface area contributed by atoms with Crippen LogP contribution in [0.15, 0.2) is 30.6 Å². The summed E-state index contributed by atoms with van der Waals surface area (Å²) in [6, 6.07) is 6.30. The van der Waals surface area contributed by atoms with Crippen LogP contribution in [0.1, 0.15) is 5.56 Å². The molecule has 0 spiro atoms. The number of hydrogen-bond donors (Lipinski definition) is 1. The Labute approximate surface area is 103 Å². The number of rotatable bonds is 5. The minimum absolute atomic E-state index is 0.0795. The maximum atomic E-state index is 12.9. The van der Waals surface area contributed by atoms with Crippen molar-refractivity contribution in [1.82, 2.24) is 25.5 Å². The molecule has 18 heavy (non-hydrogen) atoms. The predicted octanol–water partition coefficient (Wildman–Crippen LogP) is 0.171. The summed E-state index contributed by atoms with van der Waals surface area (Å²) in [6.45, 7) is 0.528. The summed E-state index contributed by atoms with van der Waals surface area (Å²) in [5, 5.41) is 13.1. The molecule has 0 unspecified atom stereocenters. The van der Waals surface area contributed by atoms with Gasteiger partial charge in [-0.25, -0.2) is 9.07 Å². The number of nitrogens with one attached hydrogen (secondary N) is 1. The molecule has 0 aliphatic rings. The highest BCUT2D eigenvalue weighted by Crippen LogP contribution is 2.03. The fourth-order valence-electron chi connectivity index (χ4n) is 1.49. The number of carbonyl (C=O) groups is 1. The Hall–Kier alpha value is -2.31. The Morgan fingerprint density at radius 3 is 3.06 bits per heavy atom. The maximum Gasteiger partial charge on any atom is 0.241 e. The van der Waals surface area contributed by atoms with E-state index in [-0.39, 0.29) is 18.3 Å². The lowest BCUT2D eigenvalue weighted by Crippen LogP contribution is -2.29. The van der Waals surface area contributed by atoms with E-state index in [0.717, 1.165) is 5.56 Å². The van der Waals surface area contributed by atoms with Crippen LogP contribution in [0.5, 0.6) is 0 Å². The van der Waals surface area contributed by atoms with Gasteiger partial charge in [0.1, 0.15) is 18.7 Å². The van der Waals surface area contributed by atoms with E-state index < -0.39 is 0 Å². The van der Waals surface area contributed by atoms with Gasteiger partial charge in [0.25, 0.3) is 0 Å². The molecule has 1 N–H and O–H groups in total. The number of amides is 1. The van der Waals surface area contributed by atoms with Gasteiger partial charge in [-0.3, -0.25) is 4.79 Å². The van der Waals surface area contributed by atoms with Crippen LogP contribution >= 0.6 is 0 Å². The summed E-state index contributed by atoms with van der Waals surface area (Å²) in [6.07, 6.45) is 1.95. The highest BCUT2D eigenvalue weighted by atomic mass is 19.1. The fourth-order valence-corrected chi connectivity index (χ4v) is 1.49. The lowest BCUT2D eigenvalue weighted by atomic mass is 10.1. The molecule has 6 nitrogen and oxygen atoms in total. The topological polar surface area (TPSA) is 72.7 Å². The van der Waals surface area contributed by atoms with E-state index in [1.165, 1.54) is 23.1 Å². The van der Waals surface area contributed by atoms with Gasteiger partial charge in [0.15, 0.2) is 0 Å². The smallest absolute Gasteiger partial charge is 0.241 e. The molecular weight excluding hydrogens is 237 g/mol. The van der Waals surface area contributed by atoms with Crippen LogP contribution in [0.25, 0.3) is 0 Å². The summed E-state index contributed by atoms with van der Waals surface area (Å²) >= 11 is 0. The van der Waals surface area contributed by atoms with E-state index in [0.29, 0.717) is 13.0 Å². The Morgan fingerprint density at radius 1 is 1.44 bits per heavy atom. The zero-order valence-electron chi connectivity index (χ0n) is 9.58. The Kier molecular flexibility index (Phi) is 3.95. The average molecular weight is 249 g/mol. The van der Waals surface area contributed by atoms with Crippen molar-refractivity contribution in [2.45, 2.75) is 13.0 Å². The SMILES string of the molecule is O=C(Cn1cnnn1)NCCc1cccc(F)c1. The van der Waals surface area contributed by atoms with Crippen LogP contribution in [0.2, 0.25) is 0 Å². The molecule has 1 amide bonds. The predicted molar refractivity (Wildman–Crippen MR) is 60.9 cm³/mol. The molecule has 1 aromatic heterocycles. The Bertz CT molecular complexity index is 514. The van der Waals surface area contributed by atoms with E-state index in [1.54, 1.807) is 6.07 Å². The molecule has 2 rings (SSSR count). The molecule has 0 saturated carbocycles. The van der Waals surface area contributed by atoms with E-state index >= 15 is 0 Å². The second-order valence-corrected chi connectivity index (χ2v) is 3.74. The van der Waals surface area contributed by atoms with Crippen molar-refractivity contribution >= 4 is 5.91 Å². The third-order valence-electron chi connectivity index (χ3n) is 2.32. The summed E-state index contributed by atoms with van der Waals surface area (Å²) in [5.41, 5.74) is 0.845. The molecule has 0 aliphatic carbocycles. The van der Waals surface area contributed by atoms with Crippen LogP contribution in [-0.2, 0) is 17.8 Å². The third kappa shape index (κ3) is 3.62. The van der Waals surface area contributed by atoms with Gasteiger partial charge < -0.3 is 5.32 Å². The zero-order chi connectivity index (χ0) is 12.8. The van der Waals surface area contributed by atoms with Gasteiger partial charge in [-0.15, -0.1) is 5.10 Å². The molecule has 0 bridgehead atoms. The first-order valence-electron chi connectivity index (χ1n) is 5.46. The molecular formula is C11H12FN5O. The van der Waals surface area contributed by atoms with Crippen molar-refractivity contribution < 1.29 is 9.18 Å². The van der Waals surface area contributed by atoms with Crippen LogP contribution in [-0.4, -0.2) is 32.7 Å². The molecule has 0 atom stereocenters. The van der Waals surface area contributed by atoms with Crippen molar-refractivity contribution in [1.29, 1.82) is 0 Å². The van der Waals surface area contributed by atoms with Crippen molar-refractivity contribution in [3.63, 3.8) is 0 Å². The molecule has 0 radical (unpaired) electrons. The molecule has 0 aliphatic heterocycles. The van der Waals surface area contributed by atoms with E-state index in [4.69, 9.17) is 0 Å². The minimum atomic E-state index is -0.271. The molecule has 0 fully saturated rings. The quantitative estimate of drug-likeness (QED) is 0.820. The Balaban J connectivity index is 1.73. The van der Waals surface area contributed by atoms with Crippen LogP contribution in [0.4, 0.5) is 4.39 Å². The zero-order valence-corrected chi connectivity index (χ0v) is 9.58. The number of aromatic nitrogens is 4. The van der Waals surface area contributed by atoms with Crippen molar-refractivity contribution in [2.24, 2.45) is 0 Å². The second-order valence-electron chi connectivity index (χ2n) is 3.74. The first kappa shape index (κ1) is 12.2. The van der Waals surface area contributed by atoms with Gasteiger partial charge in [0.05, 0.1) is 0 Å². The van der Waals surface area contributed by atoms with Crippen molar-refractivity contribution in [3.8, 4) is 0 Å². The number of hydrogen-bond acceptors (Lipinski definition) is 4. The van der Waals surface area contributed by atoms with E-state index in [9.17, 15) is 9.18 Å². The first-order valence-corrected chi connectivity index (χ1v) is 5.46. The minimum Gasteiger partial charge on any atom is -0.354 e. The van der Waals surface area contributed by atoms with Gasteiger partial charge in [0.2, 0.25) is 5.91 Å². The highest BCUT2D eigenvalue weighted by Gasteiger charge is 2.03. The monoisotopic (exact) mass is 249 g/mol. The molecule has 94 valence electrons. The van der Waals surface area contributed by atoms with Gasteiger partial charge in [-0.1, -0.05) is 12.1 Å². The van der Waals surface area contributed by atoms with Crippen molar-refractivity contribution in [2.75, 3.05) is 6.54 Å². The Morgan fingerprint density at radius 2 is 2.33 bits per heavy atom. The van der Waals surface area contributed by atoms with E-state index in [2.05, 4.69) is 20.8 Å². The van der Waals surface area contributed by atoms with Gasteiger partial charge in [-0.2, -0.15) is 0 Å². The fraction of sp³-hybridized carbons (Fsp3) is 0.273. The highest BCUT2D eigenvalue weighted by molar-refractivity contribution is 5.75. The largest absolute Gasteiger partial charge is 0.354 e. The summed E-state index contributed by atoms with van der Waals surface area (Å²) in [7, 11) is 0. The number of benzene rings is 1. The summed E-state index contributed by atoms with van der Waals surface area (Å²) in [4.78, 5) is 11.5. The van der Waals surface area contributed by atoms with Crippen LogP contribution in [0, 0.1) is 5.82 Å². The van der Waals surface area contributed by atoms with Gasteiger partial charge in [0, 0.05) is 6.54 Å². The lowest BCUT2D eigenvalue weighted by Gasteiger charge is -2.04. The van der Waals surface area contributed by atoms with Crippen LogP contribution in [0.3, 0.4) is 0 Å². The molecule has 0 saturated heterocycles. The normalized spacial score (nSPS) is 10.3. The second kappa shape index (κ2) is 5.85.